The second kappa shape index (κ2) is 10.7. The van der Waals surface area contributed by atoms with Gasteiger partial charge in [0.15, 0.2) is 23.6 Å². The van der Waals surface area contributed by atoms with Crippen LogP contribution in [-0.4, -0.2) is 96.8 Å². The minimum absolute atomic E-state index is 0.175. The maximum Gasteiger partial charge on any atom is 0.508 e. The average molecular weight is 662 g/mol. The molecule has 13 nitrogen and oxygen atoms in total. The number of hydrogen-bond donors (Lipinski definition) is 4. The number of methoxy groups -OCH3 is 1. The number of aryl methyl sites for hydroxylation is 1. The van der Waals surface area contributed by atoms with Gasteiger partial charge in [-0.1, -0.05) is 18.2 Å². The van der Waals surface area contributed by atoms with Gasteiger partial charge in [-0.15, -0.1) is 0 Å². The third-order valence-electron chi connectivity index (χ3n) is 10.9. The van der Waals surface area contributed by atoms with Gasteiger partial charge in [-0.2, -0.15) is 0 Å². The van der Waals surface area contributed by atoms with Crippen LogP contribution in [0.3, 0.4) is 0 Å². The lowest BCUT2D eigenvalue weighted by molar-refractivity contribution is -0.281. The summed E-state index contributed by atoms with van der Waals surface area (Å²) < 4.78 is 34.7. The summed E-state index contributed by atoms with van der Waals surface area (Å²) in [7, 11) is 3.11. The summed E-state index contributed by atoms with van der Waals surface area (Å²) in [4.78, 5) is 40.5. The van der Waals surface area contributed by atoms with Crippen LogP contribution in [0.5, 0.6) is 5.75 Å². The molecular weight excluding hydrogens is 626 g/mol. The van der Waals surface area contributed by atoms with E-state index in [1.165, 1.54) is 19.3 Å². The van der Waals surface area contributed by atoms with Crippen molar-refractivity contribution in [3.63, 3.8) is 0 Å². The molecule has 3 saturated heterocycles. The smallest absolute Gasteiger partial charge is 0.497 e. The number of ketones is 1. The van der Waals surface area contributed by atoms with E-state index in [9.17, 15) is 29.7 Å². The molecule has 48 heavy (non-hydrogen) atoms. The van der Waals surface area contributed by atoms with Crippen LogP contribution in [0.1, 0.15) is 57.9 Å². The Balaban J connectivity index is 1.32. The normalized spacial score (nSPS) is 38.7. The zero-order valence-corrected chi connectivity index (χ0v) is 26.5. The van der Waals surface area contributed by atoms with Crippen LogP contribution in [0.4, 0.5) is 4.79 Å². The number of cyclic esters (lactones) is 2. The summed E-state index contributed by atoms with van der Waals surface area (Å²) in [6, 6.07) is 6.17. The number of esters is 1. The van der Waals surface area contributed by atoms with E-state index >= 15 is 0 Å². The first-order chi connectivity index (χ1) is 22.9. The number of hydrogen-bond acceptors (Lipinski definition) is 13. The molecule has 2 unspecified atom stereocenters. The second-order valence-electron chi connectivity index (χ2n) is 13.2. The summed E-state index contributed by atoms with van der Waals surface area (Å²) >= 11 is 0. The van der Waals surface area contributed by atoms with E-state index in [0.717, 1.165) is 5.56 Å². The van der Waals surface area contributed by atoms with Crippen molar-refractivity contribution in [2.75, 3.05) is 20.8 Å². The largest absolute Gasteiger partial charge is 0.508 e. The van der Waals surface area contributed by atoms with Crippen molar-refractivity contribution in [1.29, 1.82) is 0 Å². The Morgan fingerprint density at radius 3 is 2.48 bits per heavy atom. The van der Waals surface area contributed by atoms with E-state index in [0.29, 0.717) is 39.1 Å². The molecule has 1 spiro atoms. The van der Waals surface area contributed by atoms with Crippen molar-refractivity contribution in [1.82, 2.24) is 5.32 Å². The Hall–Kier alpha value is -4.11. The van der Waals surface area contributed by atoms with Crippen molar-refractivity contribution < 1.29 is 58.1 Å². The highest BCUT2D eigenvalue weighted by molar-refractivity contribution is 6.20. The van der Waals surface area contributed by atoms with Gasteiger partial charge in [-0.25, -0.2) is 4.79 Å². The fourth-order valence-corrected chi connectivity index (χ4v) is 8.40. The third-order valence-corrected chi connectivity index (χ3v) is 10.9. The van der Waals surface area contributed by atoms with E-state index < -0.39 is 83.8 Å². The fourth-order valence-electron chi connectivity index (χ4n) is 8.40. The molecule has 0 aromatic heterocycles. The summed E-state index contributed by atoms with van der Waals surface area (Å²) in [6.45, 7) is 3.31. The molecule has 0 bridgehead atoms. The van der Waals surface area contributed by atoms with E-state index in [4.69, 9.17) is 28.4 Å². The van der Waals surface area contributed by atoms with Gasteiger partial charge in [-0.05, 0) is 90.2 Å². The molecule has 11 atom stereocenters. The molecule has 0 radical (unpaired) electrons. The Kier molecular flexibility index (Phi) is 6.95. The van der Waals surface area contributed by atoms with Crippen molar-refractivity contribution in [2.45, 2.75) is 79.7 Å². The van der Waals surface area contributed by atoms with Gasteiger partial charge in [0.2, 0.25) is 0 Å². The number of aliphatic hydroxyl groups is 3. The Morgan fingerprint density at radius 2 is 1.77 bits per heavy atom. The lowest BCUT2D eigenvalue weighted by Crippen LogP contribution is -2.62. The number of nitrogens with one attached hydrogen (secondary N) is 1. The highest BCUT2D eigenvalue weighted by Gasteiger charge is 2.69. The lowest BCUT2D eigenvalue weighted by Gasteiger charge is -2.42. The zero-order valence-electron chi connectivity index (χ0n) is 26.5. The molecule has 2 aromatic carbocycles. The number of allylic oxidation sites excluding steroid dienone is 1. The predicted molar refractivity (Wildman–Crippen MR) is 165 cm³/mol. The summed E-state index contributed by atoms with van der Waals surface area (Å²) in [5, 5.41) is 36.3. The monoisotopic (exact) mass is 661 g/mol. The molecule has 0 saturated carbocycles. The van der Waals surface area contributed by atoms with E-state index in [1.54, 1.807) is 44.3 Å². The van der Waals surface area contributed by atoms with Gasteiger partial charge in [0, 0.05) is 0 Å². The quantitative estimate of drug-likeness (QED) is 0.267. The maximum absolute atomic E-state index is 14.3. The van der Waals surface area contributed by atoms with Crippen molar-refractivity contribution in [3.05, 3.63) is 75.4 Å². The molecule has 8 rings (SSSR count). The van der Waals surface area contributed by atoms with E-state index in [1.807, 2.05) is 13.0 Å². The summed E-state index contributed by atoms with van der Waals surface area (Å²) in [6.07, 6.45) is -1.95. The van der Waals surface area contributed by atoms with Gasteiger partial charge in [0.05, 0.1) is 25.2 Å². The minimum Gasteiger partial charge on any atom is -0.497 e. The van der Waals surface area contributed by atoms with Crippen LogP contribution in [-0.2, 0) is 44.3 Å². The first-order valence-electron chi connectivity index (χ1n) is 15.8. The number of rotatable bonds is 5. The molecule has 3 heterocycles. The van der Waals surface area contributed by atoms with Crippen LogP contribution < -0.4 is 10.1 Å². The molecule has 0 amide bonds. The van der Waals surface area contributed by atoms with Crippen molar-refractivity contribution in [3.8, 4) is 5.75 Å². The number of likely N-dealkylation sites (N-methyl/N-ethyl adjacent to an activating group) is 1. The van der Waals surface area contributed by atoms with Gasteiger partial charge in [0.1, 0.15) is 42.4 Å². The van der Waals surface area contributed by atoms with Crippen LogP contribution in [0.25, 0.3) is 12.2 Å². The number of aliphatic hydroxyl groups excluding tert-OH is 2. The van der Waals surface area contributed by atoms with Gasteiger partial charge in [-0.3, -0.25) is 9.59 Å². The molecule has 3 aliphatic carbocycles. The SMILES string of the molecule is CN[C@H]1[C@@H](O[C@@H]2c3cc4c(cc3[C@@H]3[C@H]2OC(=O)C32C(=O)C=Cc3c(C)cc(OC)cc32)C(O)([C@H]2COC(=O)O2)C=C4)O[C@H](C)[C@H](O)[C@@H]1O. The second-order valence-corrected chi connectivity index (χ2v) is 13.2. The van der Waals surface area contributed by atoms with Crippen LogP contribution in [0.15, 0.2) is 36.4 Å². The number of ether oxygens (including phenoxy) is 6. The van der Waals surface area contributed by atoms with Crippen LogP contribution >= 0.6 is 0 Å². The highest BCUT2D eigenvalue weighted by atomic mass is 16.8. The number of carbonyl (C=O) groups excluding carboxylic acids is 3. The van der Waals surface area contributed by atoms with Crippen LogP contribution in [0, 0.1) is 6.92 Å². The number of carbonyl (C=O) groups is 3. The fraction of sp³-hybridized carbons (Fsp3) is 0.457. The molecule has 2 aromatic rings. The molecule has 252 valence electrons. The zero-order chi connectivity index (χ0) is 33.9. The number of benzene rings is 2. The summed E-state index contributed by atoms with van der Waals surface area (Å²) in [5.74, 6) is -1.71. The summed E-state index contributed by atoms with van der Waals surface area (Å²) in [5.41, 5.74) is 0.410. The van der Waals surface area contributed by atoms with Gasteiger partial charge in [0.25, 0.3) is 0 Å². The Morgan fingerprint density at radius 1 is 0.979 bits per heavy atom. The van der Waals surface area contributed by atoms with Gasteiger partial charge >= 0.3 is 12.1 Å². The first-order valence-corrected chi connectivity index (χ1v) is 15.8. The topological polar surface area (TPSA) is 179 Å². The van der Waals surface area contributed by atoms with Crippen LogP contribution in [0.2, 0.25) is 0 Å². The molecule has 4 N–H and O–H groups in total. The molecule has 13 heteroatoms. The maximum atomic E-state index is 14.3. The highest BCUT2D eigenvalue weighted by Crippen LogP contribution is 2.62. The van der Waals surface area contributed by atoms with E-state index in [-0.39, 0.29) is 6.61 Å². The predicted octanol–water partition coefficient (Wildman–Crippen LogP) is 1.42. The minimum atomic E-state index is -1.83. The standard InChI is InChI=1S/C35H35NO12/c1-14-9-17(43-4)11-22-18(14)5-6-23(37)35(22)25-19-12-21-16(7-8-34(21,42)24-13-44-33(41)46-24)10-20(19)29(30(25)48-32(35)40)47-31-26(36-3)28(39)27(38)15(2)45-31/h5-12,15,24-31,36,38-39,42H,13H2,1-4H3/t15-,24-,25-,26-,27+,28-,29-,30-,31-,34?,35?/m1/s1. The number of fused-ring (bicyclic) bond motifs is 7. The average Bonchev–Trinajstić information content (AvgIpc) is 3.80. The Labute approximate surface area is 275 Å². The molecular formula is C35H35NO12. The third kappa shape index (κ3) is 4.03. The van der Waals surface area contributed by atoms with Crippen molar-refractivity contribution >= 4 is 30.1 Å². The molecule has 3 aliphatic heterocycles. The van der Waals surface area contributed by atoms with E-state index in [2.05, 4.69) is 5.32 Å². The Bertz CT molecular complexity index is 1820. The van der Waals surface area contributed by atoms with Gasteiger partial charge < -0.3 is 49.1 Å². The molecule has 3 fully saturated rings. The van der Waals surface area contributed by atoms with Crippen molar-refractivity contribution in [2.24, 2.45) is 0 Å². The molecule has 6 aliphatic rings. The first kappa shape index (κ1) is 31.2. The lowest BCUT2D eigenvalue weighted by atomic mass is 9.62.